The standard InChI is InChI=1S/C13H17BrN4O/c1-6-8(7(2)19-18-6)12-16-10(13(3,4)5)9(14)11(15)17-12/h1-5H3,(H2,15,16,17). The van der Waals surface area contributed by atoms with Gasteiger partial charge in [-0.25, -0.2) is 9.97 Å². The molecule has 0 saturated carbocycles. The van der Waals surface area contributed by atoms with E-state index in [1.165, 1.54) is 0 Å². The van der Waals surface area contributed by atoms with Gasteiger partial charge in [0.2, 0.25) is 0 Å². The first-order chi connectivity index (χ1) is 8.71. The summed E-state index contributed by atoms with van der Waals surface area (Å²) in [6.07, 6.45) is 0. The fraction of sp³-hybridized carbons (Fsp3) is 0.462. The van der Waals surface area contributed by atoms with Gasteiger partial charge in [-0.3, -0.25) is 0 Å². The molecule has 6 heteroatoms. The lowest BCUT2D eigenvalue weighted by Crippen LogP contribution is -2.17. The van der Waals surface area contributed by atoms with Crippen LogP contribution in [0.1, 0.15) is 37.9 Å². The number of nitrogen functional groups attached to an aromatic ring is 1. The maximum atomic E-state index is 5.98. The fourth-order valence-electron chi connectivity index (χ4n) is 1.88. The van der Waals surface area contributed by atoms with Gasteiger partial charge >= 0.3 is 0 Å². The third-order valence-corrected chi connectivity index (χ3v) is 3.63. The molecule has 2 aromatic heterocycles. The first-order valence-electron chi connectivity index (χ1n) is 5.98. The predicted molar refractivity (Wildman–Crippen MR) is 77.8 cm³/mol. The monoisotopic (exact) mass is 324 g/mol. The Morgan fingerprint density at radius 1 is 1.16 bits per heavy atom. The smallest absolute Gasteiger partial charge is 0.167 e. The summed E-state index contributed by atoms with van der Waals surface area (Å²) < 4.78 is 5.91. The number of nitrogens with zero attached hydrogens (tertiary/aromatic N) is 3. The van der Waals surface area contributed by atoms with Gasteiger partial charge in [0, 0.05) is 5.41 Å². The zero-order valence-corrected chi connectivity index (χ0v) is 13.3. The summed E-state index contributed by atoms with van der Waals surface area (Å²) in [6, 6.07) is 0. The summed E-state index contributed by atoms with van der Waals surface area (Å²) in [5.41, 5.74) is 8.28. The number of anilines is 1. The predicted octanol–water partition coefficient (Wildman–Crippen LogP) is 3.39. The van der Waals surface area contributed by atoms with Gasteiger partial charge < -0.3 is 10.3 Å². The van der Waals surface area contributed by atoms with Gasteiger partial charge in [0.15, 0.2) is 5.82 Å². The van der Waals surface area contributed by atoms with Crippen molar-refractivity contribution in [3.05, 3.63) is 21.6 Å². The van der Waals surface area contributed by atoms with Crippen molar-refractivity contribution < 1.29 is 4.52 Å². The first kappa shape index (κ1) is 14.0. The van der Waals surface area contributed by atoms with Crippen LogP contribution < -0.4 is 5.73 Å². The minimum absolute atomic E-state index is 0.135. The molecule has 19 heavy (non-hydrogen) atoms. The van der Waals surface area contributed by atoms with E-state index in [2.05, 4.69) is 51.8 Å². The van der Waals surface area contributed by atoms with Gasteiger partial charge in [0.05, 0.1) is 21.4 Å². The van der Waals surface area contributed by atoms with Crippen molar-refractivity contribution >= 4 is 21.7 Å². The Kier molecular flexibility index (Phi) is 3.38. The lowest BCUT2D eigenvalue weighted by atomic mass is 9.91. The zero-order valence-electron chi connectivity index (χ0n) is 11.7. The van der Waals surface area contributed by atoms with Crippen LogP contribution >= 0.6 is 15.9 Å². The number of rotatable bonds is 1. The van der Waals surface area contributed by atoms with E-state index in [1.54, 1.807) is 0 Å². The van der Waals surface area contributed by atoms with Crippen molar-refractivity contribution in [1.82, 2.24) is 15.1 Å². The quantitative estimate of drug-likeness (QED) is 0.869. The summed E-state index contributed by atoms with van der Waals surface area (Å²) in [5.74, 6) is 1.68. The van der Waals surface area contributed by atoms with E-state index in [0.29, 0.717) is 17.4 Å². The molecule has 2 rings (SSSR count). The summed E-state index contributed by atoms with van der Waals surface area (Å²) in [6.45, 7) is 9.95. The Morgan fingerprint density at radius 2 is 1.79 bits per heavy atom. The Balaban J connectivity index is 2.71. The van der Waals surface area contributed by atoms with Crippen LogP contribution in [0.25, 0.3) is 11.4 Å². The van der Waals surface area contributed by atoms with Crippen LogP contribution in [0.5, 0.6) is 0 Å². The number of halogens is 1. The molecule has 2 heterocycles. The van der Waals surface area contributed by atoms with E-state index in [0.717, 1.165) is 21.4 Å². The second kappa shape index (κ2) is 4.59. The molecule has 102 valence electrons. The van der Waals surface area contributed by atoms with Crippen molar-refractivity contribution in [3.8, 4) is 11.4 Å². The highest BCUT2D eigenvalue weighted by Gasteiger charge is 2.24. The molecule has 0 aromatic carbocycles. The molecule has 0 unspecified atom stereocenters. The Bertz CT molecular complexity index is 609. The summed E-state index contributed by atoms with van der Waals surface area (Å²) in [5, 5.41) is 3.93. The van der Waals surface area contributed by atoms with Crippen LogP contribution in [0, 0.1) is 13.8 Å². The van der Waals surface area contributed by atoms with E-state index in [9.17, 15) is 0 Å². The van der Waals surface area contributed by atoms with Gasteiger partial charge in [-0.15, -0.1) is 0 Å². The number of hydrogen-bond donors (Lipinski definition) is 1. The van der Waals surface area contributed by atoms with Gasteiger partial charge in [0.1, 0.15) is 11.6 Å². The fourth-order valence-corrected chi connectivity index (χ4v) is 2.65. The zero-order chi connectivity index (χ0) is 14.4. The molecule has 0 bridgehead atoms. The molecule has 2 N–H and O–H groups in total. The van der Waals surface area contributed by atoms with Crippen LogP contribution in [0.3, 0.4) is 0 Å². The number of aromatic nitrogens is 3. The lowest BCUT2D eigenvalue weighted by molar-refractivity contribution is 0.393. The molecule has 0 amide bonds. The van der Waals surface area contributed by atoms with Crippen molar-refractivity contribution in [2.45, 2.75) is 40.0 Å². The molecular formula is C13H17BrN4O. The molecule has 0 aliphatic carbocycles. The Hall–Kier alpha value is -1.43. The van der Waals surface area contributed by atoms with E-state index in [1.807, 2.05) is 13.8 Å². The largest absolute Gasteiger partial charge is 0.383 e. The van der Waals surface area contributed by atoms with Crippen LogP contribution in [-0.4, -0.2) is 15.1 Å². The number of nitrogens with two attached hydrogens (primary N) is 1. The highest BCUT2D eigenvalue weighted by Crippen LogP contribution is 2.34. The van der Waals surface area contributed by atoms with Crippen LogP contribution in [0.15, 0.2) is 9.00 Å². The average molecular weight is 325 g/mol. The van der Waals surface area contributed by atoms with E-state index in [4.69, 9.17) is 10.3 Å². The molecule has 0 aliphatic heterocycles. The molecule has 0 radical (unpaired) electrons. The number of hydrogen-bond acceptors (Lipinski definition) is 5. The van der Waals surface area contributed by atoms with Crippen molar-refractivity contribution in [2.75, 3.05) is 5.73 Å². The highest BCUT2D eigenvalue weighted by atomic mass is 79.9. The summed E-state index contributed by atoms with van der Waals surface area (Å²) >= 11 is 3.46. The summed E-state index contributed by atoms with van der Waals surface area (Å²) in [4.78, 5) is 8.96. The molecule has 0 fully saturated rings. The van der Waals surface area contributed by atoms with Crippen LogP contribution in [-0.2, 0) is 5.41 Å². The number of aryl methyl sites for hydroxylation is 2. The van der Waals surface area contributed by atoms with Gasteiger partial charge in [-0.2, -0.15) is 0 Å². The van der Waals surface area contributed by atoms with E-state index >= 15 is 0 Å². The summed E-state index contributed by atoms with van der Waals surface area (Å²) in [7, 11) is 0. The normalized spacial score (nSPS) is 11.9. The van der Waals surface area contributed by atoms with E-state index in [-0.39, 0.29) is 5.41 Å². The van der Waals surface area contributed by atoms with E-state index < -0.39 is 0 Å². The van der Waals surface area contributed by atoms with Crippen molar-refractivity contribution in [3.63, 3.8) is 0 Å². The molecule has 0 aliphatic rings. The first-order valence-corrected chi connectivity index (χ1v) is 6.78. The molecule has 0 saturated heterocycles. The van der Waals surface area contributed by atoms with Crippen molar-refractivity contribution in [2.24, 2.45) is 0 Å². The Labute approximate surface area is 120 Å². The van der Waals surface area contributed by atoms with Gasteiger partial charge in [0.25, 0.3) is 0 Å². The highest BCUT2D eigenvalue weighted by molar-refractivity contribution is 9.10. The molecular weight excluding hydrogens is 308 g/mol. The molecule has 0 atom stereocenters. The SMILES string of the molecule is Cc1noc(C)c1-c1nc(N)c(Br)c(C(C)(C)C)n1. The topological polar surface area (TPSA) is 77.8 Å². The third kappa shape index (κ3) is 2.49. The minimum Gasteiger partial charge on any atom is -0.383 e. The second-order valence-electron chi connectivity index (χ2n) is 5.54. The third-order valence-electron chi connectivity index (χ3n) is 2.84. The van der Waals surface area contributed by atoms with Crippen LogP contribution in [0.4, 0.5) is 5.82 Å². The maximum Gasteiger partial charge on any atom is 0.167 e. The Morgan fingerprint density at radius 3 is 2.26 bits per heavy atom. The van der Waals surface area contributed by atoms with Crippen molar-refractivity contribution in [1.29, 1.82) is 0 Å². The molecule has 0 spiro atoms. The second-order valence-corrected chi connectivity index (χ2v) is 6.34. The average Bonchev–Trinajstić information content (AvgIpc) is 2.61. The molecule has 5 nitrogen and oxygen atoms in total. The van der Waals surface area contributed by atoms with Gasteiger partial charge in [-0.05, 0) is 29.8 Å². The maximum absolute atomic E-state index is 5.98. The lowest BCUT2D eigenvalue weighted by Gasteiger charge is -2.20. The minimum atomic E-state index is -0.135. The van der Waals surface area contributed by atoms with Gasteiger partial charge in [-0.1, -0.05) is 25.9 Å². The van der Waals surface area contributed by atoms with Crippen LogP contribution in [0.2, 0.25) is 0 Å². The molecule has 2 aromatic rings.